The number of carbonyl (C=O) groups is 3. The predicted molar refractivity (Wildman–Crippen MR) is 252 cm³/mol. The highest BCUT2D eigenvalue weighted by molar-refractivity contribution is 9.09. The van der Waals surface area contributed by atoms with E-state index in [1.54, 1.807) is 43.9 Å². The molecule has 4 heterocycles. The van der Waals surface area contributed by atoms with Crippen molar-refractivity contribution in [2.75, 3.05) is 33.3 Å². The maximum Gasteiger partial charge on any atom is 0.411 e. The molecule has 2 aliphatic heterocycles. The number of aromatic hydroxyl groups is 1. The number of rotatable bonds is 14. The van der Waals surface area contributed by atoms with E-state index in [2.05, 4.69) is 44.3 Å². The number of aliphatic hydroxyl groups excluding tert-OH is 1. The lowest BCUT2D eigenvalue weighted by Gasteiger charge is -2.51. The minimum Gasteiger partial charge on any atom is -0.508 e. The molecule has 0 saturated carbocycles. The number of aromatic amines is 1. The molecular weight excluding hydrogens is 917 g/mol. The zero-order valence-electron chi connectivity index (χ0n) is 36.5. The number of carbonyl (C=O) groups excluding carboxylic acids is 3. The Morgan fingerprint density at radius 3 is 2.63 bits per heavy atom. The number of amides is 1. The van der Waals surface area contributed by atoms with Crippen molar-refractivity contribution < 1.29 is 58.1 Å². The molecular formula is C45H50N4O12S4. The first-order chi connectivity index (χ1) is 31.2. The van der Waals surface area contributed by atoms with Gasteiger partial charge >= 0.3 is 6.09 Å². The largest absolute Gasteiger partial charge is 0.508 e. The molecule has 2 saturated heterocycles. The maximum atomic E-state index is 15.3. The minimum atomic E-state index is -2.05. The third kappa shape index (κ3) is 9.87. The number of aliphatic hydroxyl groups is 2. The van der Waals surface area contributed by atoms with Crippen LogP contribution >= 0.6 is 43.2 Å². The van der Waals surface area contributed by atoms with Gasteiger partial charge in [-0.2, -0.15) is 0 Å². The zero-order valence-corrected chi connectivity index (χ0v) is 39.8. The van der Waals surface area contributed by atoms with Gasteiger partial charge in [-0.15, -0.1) is 11.8 Å². The second-order valence-corrected chi connectivity index (χ2v) is 21.0. The van der Waals surface area contributed by atoms with Crippen LogP contribution in [-0.2, 0) is 33.2 Å². The number of alkyl carbamates (subject to hydrolysis) is 1. The van der Waals surface area contributed by atoms with Gasteiger partial charge in [0.1, 0.15) is 34.5 Å². The Hall–Kier alpha value is -4.00. The summed E-state index contributed by atoms with van der Waals surface area (Å²) in [7, 11) is 6.79. The van der Waals surface area contributed by atoms with E-state index >= 15 is 4.79 Å². The zero-order chi connectivity index (χ0) is 46.6. The first kappa shape index (κ1) is 48.9. The number of thioether (sulfide) groups is 1. The molecule has 10 atom stereocenters. The van der Waals surface area contributed by atoms with Crippen LogP contribution in [0.25, 0.3) is 21.8 Å². The first-order valence-electron chi connectivity index (χ1n) is 20.5. The normalized spacial score (nSPS) is 31.3. The number of fused-ring (bicyclic) bond motifs is 5. The number of nitrogens with one attached hydrogen (secondary N) is 3. The molecule has 16 nitrogen and oxygen atoms in total. The van der Waals surface area contributed by atoms with Crippen molar-refractivity contribution in [3.63, 3.8) is 0 Å². The summed E-state index contributed by atoms with van der Waals surface area (Å²) in [5.41, 5.74) is -1.15. The van der Waals surface area contributed by atoms with E-state index in [4.69, 9.17) is 28.4 Å². The van der Waals surface area contributed by atoms with E-state index in [9.17, 15) is 24.9 Å². The third-order valence-electron chi connectivity index (χ3n) is 11.5. The summed E-state index contributed by atoms with van der Waals surface area (Å²) in [6.45, 7) is 5.82. The summed E-state index contributed by atoms with van der Waals surface area (Å²) in [6.07, 6.45) is -2.10. The van der Waals surface area contributed by atoms with Crippen molar-refractivity contribution in [1.29, 1.82) is 0 Å². The van der Waals surface area contributed by atoms with E-state index < -0.39 is 71.4 Å². The van der Waals surface area contributed by atoms with Crippen LogP contribution < -0.4 is 10.6 Å². The smallest absolute Gasteiger partial charge is 0.411 e. The molecule has 2 aromatic heterocycles. The number of methoxy groups -OCH3 is 2. The van der Waals surface area contributed by atoms with Crippen LogP contribution in [0.1, 0.15) is 44.1 Å². The number of benzene rings is 1. The number of ether oxygens (including phenoxy) is 6. The van der Waals surface area contributed by atoms with Crippen molar-refractivity contribution in [1.82, 2.24) is 20.6 Å². The molecule has 1 amide bonds. The lowest BCUT2D eigenvalue weighted by molar-refractivity contribution is -0.323. The first-order valence-corrected chi connectivity index (χ1v) is 25.7. The molecule has 7 rings (SSSR count). The molecule has 4 aliphatic rings. The summed E-state index contributed by atoms with van der Waals surface area (Å²) < 4.78 is 35.4. The number of Topliss-reactive ketones (excluding diaryl/α,β-unsaturated/α-hetero) is 2. The maximum absolute atomic E-state index is 15.3. The van der Waals surface area contributed by atoms with Gasteiger partial charge in [0.25, 0.3) is 0 Å². The molecule has 1 aromatic carbocycles. The van der Waals surface area contributed by atoms with Crippen molar-refractivity contribution in [3.8, 4) is 29.4 Å². The topological polar surface area (TPSA) is 220 Å². The van der Waals surface area contributed by atoms with Gasteiger partial charge in [0.05, 0.1) is 49.6 Å². The number of hydrogen-bond donors (Lipinski definition) is 6. The Kier molecular flexibility index (Phi) is 15.7. The Bertz CT molecular complexity index is 2540. The number of aromatic nitrogens is 2. The minimum absolute atomic E-state index is 0.0151. The fourth-order valence-electron chi connectivity index (χ4n) is 8.52. The molecule has 20 heteroatoms. The monoisotopic (exact) mass is 966 g/mol. The molecule has 0 radical (unpaired) electrons. The summed E-state index contributed by atoms with van der Waals surface area (Å²) in [5, 5.41) is 44.3. The second-order valence-electron chi connectivity index (χ2n) is 15.8. The number of hydrogen-bond acceptors (Lipinski definition) is 18. The molecule has 3 aromatic rings. The number of pyridine rings is 1. The molecule has 2 bridgehead atoms. The third-order valence-corrected chi connectivity index (χ3v) is 16.4. The van der Waals surface area contributed by atoms with Crippen molar-refractivity contribution >= 4 is 82.6 Å². The van der Waals surface area contributed by atoms with Crippen molar-refractivity contribution in [2.45, 2.75) is 99.1 Å². The van der Waals surface area contributed by atoms with Crippen LogP contribution in [0.5, 0.6) is 5.75 Å². The van der Waals surface area contributed by atoms with Crippen LogP contribution in [-0.4, -0.2) is 142 Å². The van der Waals surface area contributed by atoms with E-state index in [0.29, 0.717) is 21.8 Å². The van der Waals surface area contributed by atoms with E-state index in [1.807, 2.05) is 20.1 Å². The van der Waals surface area contributed by atoms with Gasteiger partial charge in [0.15, 0.2) is 24.0 Å². The van der Waals surface area contributed by atoms with Gasteiger partial charge in [0, 0.05) is 53.2 Å². The Balaban J connectivity index is 1.35. The van der Waals surface area contributed by atoms with Gasteiger partial charge in [-0.3, -0.25) is 19.9 Å². The van der Waals surface area contributed by atoms with Gasteiger partial charge in [-0.25, -0.2) is 4.79 Å². The van der Waals surface area contributed by atoms with Crippen LogP contribution in [0.15, 0.2) is 64.9 Å². The van der Waals surface area contributed by atoms with Gasteiger partial charge < -0.3 is 54.0 Å². The van der Waals surface area contributed by atoms with Gasteiger partial charge in [0.2, 0.25) is 5.78 Å². The summed E-state index contributed by atoms with van der Waals surface area (Å²) in [5.74, 6) is 10.2. The number of nitrogens with zero attached hydrogens (tertiary/aromatic N) is 1. The summed E-state index contributed by atoms with van der Waals surface area (Å²) in [4.78, 5) is 50.0. The highest BCUT2D eigenvalue weighted by atomic mass is 33.5. The van der Waals surface area contributed by atoms with E-state index in [-0.39, 0.29) is 59.5 Å². The summed E-state index contributed by atoms with van der Waals surface area (Å²) >= 11 is 1.06. The van der Waals surface area contributed by atoms with Crippen LogP contribution in [0.2, 0.25) is 0 Å². The molecule has 65 heavy (non-hydrogen) atoms. The molecule has 346 valence electrons. The highest BCUT2D eigenvalue weighted by Gasteiger charge is 2.61. The second kappa shape index (κ2) is 20.9. The highest BCUT2D eigenvalue weighted by Crippen LogP contribution is 2.47. The quantitative estimate of drug-likeness (QED) is 0.0533. The lowest BCUT2D eigenvalue weighted by Crippen LogP contribution is -2.69. The molecule has 6 N–H and O–H groups in total. The Labute approximate surface area is 391 Å². The predicted octanol–water partition coefficient (Wildman–Crippen LogP) is 5.14. The Morgan fingerprint density at radius 1 is 1.12 bits per heavy atom. The lowest BCUT2D eigenvalue weighted by atomic mass is 9.76. The molecule has 2 aliphatic carbocycles. The Morgan fingerprint density at radius 2 is 1.91 bits per heavy atom. The van der Waals surface area contributed by atoms with Gasteiger partial charge in [-0.05, 0) is 71.1 Å². The fourth-order valence-corrected chi connectivity index (χ4v) is 11.8. The average Bonchev–Trinajstić information content (AvgIpc) is 3.65. The SMILES string of the molecule is COC(=O)NC1=C2/C(=C/SSSC)[C@](O)(C#C/C=C\C#C[C@@H]2O[C@@H]2O[C@H](C)[C@@](SC)(C(=O)c3nccc4c3[nH]c3ccc(O)cc34)[C@H](O)[C@H]2O[C@H]2C[C@H](OC)[C@@H](NC(C)C)CO2)CC1=O. The van der Waals surface area contributed by atoms with Crippen LogP contribution in [0.3, 0.4) is 0 Å². The van der Waals surface area contributed by atoms with Gasteiger partial charge in [-0.1, -0.05) is 59.1 Å². The fraction of sp³-hybridized carbons (Fsp3) is 0.467. The molecule has 0 spiro atoms. The van der Waals surface area contributed by atoms with Crippen LogP contribution in [0.4, 0.5) is 4.79 Å². The molecule has 2 fully saturated rings. The van der Waals surface area contributed by atoms with E-state index in [0.717, 1.165) is 18.9 Å². The van der Waals surface area contributed by atoms with Crippen LogP contribution in [0, 0.1) is 23.7 Å². The summed E-state index contributed by atoms with van der Waals surface area (Å²) in [6, 6.07) is 6.48. The number of ketones is 2. The number of phenols is 1. The standard InChI is InChI=1S/C45H50N4O12S4/c1-23(2)47-30-21-58-34(19-33(30)56-4)61-39-41(53)45(62-6,40(52)38-36-26(15-17-46-38)27-18-25(50)13-14-29(27)48-36)24(3)59-42(39)60-32-12-10-8-9-11-16-44(55)20-31(51)37(49-43(54)57-5)35(32)28(44)22-64-65-63-7/h8-9,13-15,17-18,22-24,30,32-34,39,41-42,47-48,50,53,55H,19-21H2,1-7H3,(H,49,54)/b9-8-,28-22-/t24-,30+,32+,33+,34+,39-,41-,42+,44+,45-/m1/s1. The number of H-pyrrole nitrogens is 1. The van der Waals surface area contributed by atoms with Crippen molar-refractivity contribution in [3.05, 3.63) is 70.6 Å². The number of allylic oxidation sites excluding steroid dienone is 3. The average molecular weight is 967 g/mol. The number of phenolic OH excluding ortho intramolecular Hbond substituents is 1. The molecule has 0 unspecified atom stereocenters. The van der Waals surface area contributed by atoms with E-state index in [1.165, 1.54) is 55.8 Å². The van der Waals surface area contributed by atoms with Crippen molar-refractivity contribution in [2.24, 2.45) is 0 Å².